The lowest BCUT2D eigenvalue weighted by atomic mass is 10.2. The highest BCUT2D eigenvalue weighted by Crippen LogP contribution is 2.22. The number of rotatable bonds is 0. The smallest absolute Gasteiger partial charge is 0.212 e. The highest BCUT2D eigenvalue weighted by molar-refractivity contribution is 5.90. The van der Waals surface area contributed by atoms with E-state index < -0.39 is 0 Å². The molecule has 0 N–H and O–H groups in total. The van der Waals surface area contributed by atoms with Crippen LogP contribution in [0.25, 0.3) is 15.7 Å². The van der Waals surface area contributed by atoms with Gasteiger partial charge in [0.05, 0.1) is 12.1 Å². The van der Waals surface area contributed by atoms with Crippen LogP contribution in [0.4, 0.5) is 5.69 Å². The third-order valence-electron chi connectivity index (χ3n) is 1.73. The molecule has 0 saturated heterocycles. The molecule has 2 nitrogen and oxygen atoms in total. The summed E-state index contributed by atoms with van der Waals surface area (Å²) in [6, 6.07) is 9.43. The van der Waals surface area contributed by atoms with Crippen LogP contribution < -0.4 is 0 Å². The normalized spacial score (nSPS) is 9.58. The SMILES string of the molecule is [C-]#[N+]c1cccc2cccnc12. The number of benzene rings is 1. The van der Waals surface area contributed by atoms with Gasteiger partial charge in [0.15, 0.2) is 0 Å². The first-order valence-corrected chi connectivity index (χ1v) is 3.63. The lowest BCUT2D eigenvalue weighted by molar-refractivity contribution is 1.42. The van der Waals surface area contributed by atoms with Gasteiger partial charge >= 0.3 is 0 Å². The fourth-order valence-corrected chi connectivity index (χ4v) is 1.18. The first kappa shape index (κ1) is 6.81. The van der Waals surface area contributed by atoms with E-state index in [4.69, 9.17) is 6.57 Å². The Bertz CT molecular complexity index is 449. The molecule has 2 rings (SSSR count). The fourth-order valence-electron chi connectivity index (χ4n) is 1.18. The predicted octanol–water partition coefficient (Wildman–Crippen LogP) is 2.79. The summed E-state index contributed by atoms with van der Waals surface area (Å²) in [6.07, 6.45) is 1.71. The summed E-state index contributed by atoms with van der Waals surface area (Å²) in [7, 11) is 0. The Morgan fingerprint density at radius 2 is 2.00 bits per heavy atom. The van der Waals surface area contributed by atoms with Gasteiger partial charge in [0.25, 0.3) is 0 Å². The summed E-state index contributed by atoms with van der Waals surface area (Å²) < 4.78 is 0. The number of pyridine rings is 1. The largest absolute Gasteiger partial charge is 0.268 e. The summed E-state index contributed by atoms with van der Waals surface area (Å²) in [4.78, 5) is 7.52. The van der Waals surface area contributed by atoms with Crippen LogP contribution in [0.15, 0.2) is 36.5 Å². The van der Waals surface area contributed by atoms with Crippen molar-refractivity contribution in [2.75, 3.05) is 0 Å². The van der Waals surface area contributed by atoms with Crippen molar-refractivity contribution in [2.45, 2.75) is 0 Å². The second-order valence-electron chi connectivity index (χ2n) is 2.46. The van der Waals surface area contributed by atoms with Crippen LogP contribution in [0.3, 0.4) is 0 Å². The molecule has 1 aromatic carbocycles. The molecular formula is C10H6N2. The van der Waals surface area contributed by atoms with Gasteiger partial charge in [-0.3, -0.25) is 4.98 Å². The maximum atomic E-state index is 6.91. The number of para-hydroxylation sites is 1. The lowest BCUT2D eigenvalue weighted by Crippen LogP contribution is -1.75. The number of hydrogen-bond donors (Lipinski definition) is 0. The van der Waals surface area contributed by atoms with Crippen LogP contribution in [0.2, 0.25) is 0 Å². The quantitative estimate of drug-likeness (QED) is 0.533. The van der Waals surface area contributed by atoms with Gasteiger partial charge in [-0.1, -0.05) is 24.3 Å². The zero-order valence-electron chi connectivity index (χ0n) is 6.36. The van der Waals surface area contributed by atoms with Crippen LogP contribution >= 0.6 is 0 Å². The zero-order valence-corrected chi connectivity index (χ0v) is 6.36. The number of aromatic nitrogens is 1. The third kappa shape index (κ3) is 0.923. The van der Waals surface area contributed by atoms with E-state index in [-0.39, 0.29) is 0 Å². The maximum absolute atomic E-state index is 6.91. The van der Waals surface area contributed by atoms with E-state index in [1.165, 1.54) is 0 Å². The Kier molecular flexibility index (Phi) is 1.49. The topological polar surface area (TPSA) is 17.2 Å². The Morgan fingerprint density at radius 1 is 1.17 bits per heavy atom. The number of nitrogens with zero attached hydrogens (tertiary/aromatic N) is 2. The van der Waals surface area contributed by atoms with Crippen molar-refractivity contribution in [3.63, 3.8) is 0 Å². The maximum Gasteiger partial charge on any atom is 0.212 e. The van der Waals surface area contributed by atoms with Gasteiger partial charge in [-0.05, 0) is 11.5 Å². The molecule has 0 aliphatic rings. The first-order chi connectivity index (χ1) is 5.92. The molecule has 0 aliphatic heterocycles. The van der Waals surface area contributed by atoms with Crippen molar-refractivity contribution in [1.29, 1.82) is 0 Å². The van der Waals surface area contributed by atoms with Crippen molar-refractivity contribution in [1.82, 2.24) is 4.98 Å². The number of hydrogen-bond acceptors (Lipinski definition) is 1. The number of fused-ring (bicyclic) bond motifs is 1. The first-order valence-electron chi connectivity index (χ1n) is 3.63. The molecule has 56 valence electrons. The van der Waals surface area contributed by atoms with Gasteiger partial charge in [-0.25, -0.2) is 4.85 Å². The lowest BCUT2D eigenvalue weighted by Gasteiger charge is -1.96. The minimum Gasteiger partial charge on any atom is -0.268 e. The molecule has 0 unspecified atom stereocenters. The summed E-state index contributed by atoms with van der Waals surface area (Å²) >= 11 is 0. The zero-order chi connectivity index (χ0) is 8.39. The van der Waals surface area contributed by atoms with E-state index in [1.54, 1.807) is 12.3 Å². The molecule has 1 heterocycles. The summed E-state index contributed by atoms with van der Waals surface area (Å²) in [5.74, 6) is 0. The molecule has 2 heteroatoms. The Hall–Kier alpha value is -1.88. The van der Waals surface area contributed by atoms with Crippen LogP contribution in [0.5, 0.6) is 0 Å². The van der Waals surface area contributed by atoms with Crippen molar-refractivity contribution in [3.8, 4) is 0 Å². The van der Waals surface area contributed by atoms with Crippen LogP contribution in [0, 0.1) is 6.57 Å². The molecule has 1 aromatic heterocycles. The van der Waals surface area contributed by atoms with Crippen LogP contribution in [-0.2, 0) is 0 Å². The van der Waals surface area contributed by atoms with E-state index in [0.29, 0.717) is 5.69 Å². The van der Waals surface area contributed by atoms with E-state index >= 15 is 0 Å². The van der Waals surface area contributed by atoms with E-state index in [1.807, 2.05) is 24.3 Å². The molecule has 12 heavy (non-hydrogen) atoms. The molecule has 0 bridgehead atoms. The molecule has 0 atom stereocenters. The van der Waals surface area contributed by atoms with Crippen molar-refractivity contribution in [3.05, 3.63) is 47.9 Å². The summed E-state index contributed by atoms with van der Waals surface area (Å²) in [6.45, 7) is 6.91. The standard InChI is InChI=1S/C10H6N2/c1-11-9-6-2-4-8-5-3-7-12-10(8)9/h2-7H. The summed E-state index contributed by atoms with van der Waals surface area (Å²) in [5.41, 5.74) is 1.41. The van der Waals surface area contributed by atoms with Crippen molar-refractivity contribution >= 4 is 16.6 Å². The molecule has 0 fully saturated rings. The average molecular weight is 154 g/mol. The molecule has 2 aromatic rings. The molecule has 0 spiro atoms. The van der Waals surface area contributed by atoms with Gasteiger partial charge in [-0.2, -0.15) is 0 Å². The average Bonchev–Trinajstić information content (AvgIpc) is 2.17. The van der Waals surface area contributed by atoms with Gasteiger partial charge in [0.2, 0.25) is 5.69 Å². The predicted molar refractivity (Wildman–Crippen MR) is 48.0 cm³/mol. The van der Waals surface area contributed by atoms with Crippen LogP contribution in [0.1, 0.15) is 0 Å². The van der Waals surface area contributed by atoms with Crippen molar-refractivity contribution < 1.29 is 0 Å². The Balaban J connectivity index is 2.91. The monoisotopic (exact) mass is 154 g/mol. The Labute approximate surface area is 70.3 Å². The second kappa shape index (κ2) is 2.63. The second-order valence-corrected chi connectivity index (χ2v) is 2.46. The fraction of sp³-hybridized carbons (Fsp3) is 0. The highest BCUT2D eigenvalue weighted by Gasteiger charge is 1.98. The van der Waals surface area contributed by atoms with Gasteiger partial charge < -0.3 is 0 Å². The molecule has 0 saturated carbocycles. The van der Waals surface area contributed by atoms with Crippen LogP contribution in [-0.4, -0.2) is 4.98 Å². The van der Waals surface area contributed by atoms with E-state index in [0.717, 1.165) is 10.9 Å². The van der Waals surface area contributed by atoms with Crippen molar-refractivity contribution in [2.24, 2.45) is 0 Å². The Morgan fingerprint density at radius 3 is 2.83 bits per heavy atom. The van der Waals surface area contributed by atoms with Gasteiger partial charge in [0, 0.05) is 6.20 Å². The molecular weight excluding hydrogens is 148 g/mol. The minimum absolute atomic E-state index is 0.619. The third-order valence-corrected chi connectivity index (χ3v) is 1.73. The van der Waals surface area contributed by atoms with E-state index in [9.17, 15) is 0 Å². The highest BCUT2D eigenvalue weighted by atomic mass is 14.7. The molecule has 0 aliphatic carbocycles. The molecule has 0 amide bonds. The molecule has 0 radical (unpaired) electrons. The van der Waals surface area contributed by atoms with Gasteiger partial charge in [0.1, 0.15) is 0 Å². The van der Waals surface area contributed by atoms with Gasteiger partial charge in [-0.15, -0.1) is 0 Å². The van der Waals surface area contributed by atoms with E-state index in [2.05, 4.69) is 9.83 Å². The summed E-state index contributed by atoms with van der Waals surface area (Å²) in [5, 5.41) is 1.02. The minimum atomic E-state index is 0.619.